The normalized spacial score (nSPS) is 11.2. The molecule has 2 aromatic carbocycles. The van der Waals surface area contributed by atoms with E-state index in [9.17, 15) is 18.4 Å². The van der Waals surface area contributed by atoms with Crippen LogP contribution < -0.4 is 20.7 Å². The van der Waals surface area contributed by atoms with E-state index in [4.69, 9.17) is 9.47 Å². The molecule has 0 radical (unpaired) electrons. The van der Waals surface area contributed by atoms with Gasteiger partial charge in [0.25, 0.3) is 0 Å². The molecule has 9 nitrogen and oxygen atoms in total. The second-order valence-corrected chi connectivity index (χ2v) is 8.29. The van der Waals surface area contributed by atoms with Crippen molar-refractivity contribution in [3.8, 4) is 5.75 Å². The summed E-state index contributed by atoms with van der Waals surface area (Å²) in [5.74, 6) is -1.06. The number of halogens is 2. The number of hydrogen-bond acceptors (Lipinski definition) is 7. The zero-order valence-corrected chi connectivity index (χ0v) is 19.7. The topological polar surface area (TPSA) is 114 Å². The smallest absolute Gasteiger partial charge is 0.233 e. The Kier molecular flexibility index (Phi) is 8.48. The molecule has 0 bridgehead atoms. The Balaban J connectivity index is 1.63. The number of amides is 2. The van der Waals surface area contributed by atoms with Gasteiger partial charge in [-0.3, -0.25) is 9.59 Å². The number of ether oxygens (including phenoxy) is 2. The SMILES string of the molecule is COCCOc1cc(F)c2c(Nc3ccc(NC(=O)CC(=O)NCC(C)(C)F)cc3)ncnc2c1. The highest BCUT2D eigenvalue weighted by Crippen LogP contribution is 2.29. The Hall–Kier alpha value is -3.86. The van der Waals surface area contributed by atoms with E-state index in [1.54, 1.807) is 37.4 Å². The lowest BCUT2D eigenvalue weighted by Gasteiger charge is -2.14. The van der Waals surface area contributed by atoms with E-state index in [-0.39, 0.29) is 24.4 Å². The minimum Gasteiger partial charge on any atom is -0.491 e. The lowest BCUT2D eigenvalue weighted by molar-refractivity contribution is -0.127. The maximum atomic E-state index is 14.8. The van der Waals surface area contributed by atoms with Crippen LogP contribution in [0.15, 0.2) is 42.7 Å². The molecule has 186 valence electrons. The molecule has 1 heterocycles. The van der Waals surface area contributed by atoms with Gasteiger partial charge in [-0.2, -0.15) is 0 Å². The third-order valence-corrected chi connectivity index (χ3v) is 4.68. The Morgan fingerprint density at radius 2 is 1.74 bits per heavy atom. The summed E-state index contributed by atoms with van der Waals surface area (Å²) >= 11 is 0. The quantitative estimate of drug-likeness (QED) is 0.279. The van der Waals surface area contributed by atoms with E-state index < -0.39 is 29.7 Å². The predicted octanol–water partition coefficient (Wildman–Crippen LogP) is 3.73. The number of rotatable bonds is 11. The third-order valence-electron chi connectivity index (χ3n) is 4.68. The average molecular weight is 488 g/mol. The Morgan fingerprint density at radius 1 is 1.03 bits per heavy atom. The van der Waals surface area contributed by atoms with Crippen LogP contribution in [-0.4, -0.2) is 54.3 Å². The van der Waals surface area contributed by atoms with Crippen LogP contribution in [0.5, 0.6) is 5.75 Å². The van der Waals surface area contributed by atoms with Crippen LogP contribution in [0.4, 0.5) is 26.0 Å². The second kappa shape index (κ2) is 11.5. The Bertz CT molecular complexity index is 1180. The number of fused-ring (bicyclic) bond motifs is 1. The maximum absolute atomic E-state index is 14.8. The van der Waals surface area contributed by atoms with E-state index in [0.29, 0.717) is 29.2 Å². The summed E-state index contributed by atoms with van der Waals surface area (Å²) in [6.45, 7) is 3.13. The van der Waals surface area contributed by atoms with Crippen molar-refractivity contribution < 1.29 is 27.8 Å². The van der Waals surface area contributed by atoms with Crippen molar-refractivity contribution in [2.75, 3.05) is 37.5 Å². The van der Waals surface area contributed by atoms with Gasteiger partial charge in [-0.15, -0.1) is 0 Å². The molecule has 0 fully saturated rings. The molecular formula is C24H27F2N5O4. The fourth-order valence-electron chi connectivity index (χ4n) is 3.03. The summed E-state index contributed by atoms with van der Waals surface area (Å²) < 4.78 is 38.7. The maximum Gasteiger partial charge on any atom is 0.233 e. The van der Waals surface area contributed by atoms with Crippen molar-refractivity contribution in [2.24, 2.45) is 0 Å². The van der Waals surface area contributed by atoms with E-state index in [2.05, 4.69) is 25.9 Å². The minimum atomic E-state index is -1.56. The first-order valence-corrected chi connectivity index (χ1v) is 10.8. The molecule has 0 aliphatic carbocycles. The molecule has 0 aliphatic rings. The molecule has 3 aromatic rings. The van der Waals surface area contributed by atoms with E-state index in [0.717, 1.165) is 0 Å². The predicted molar refractivity (Wildman–Crippen MR) is 128 cm³/mol. The van der Waals surface area contributed by atoms with Gasteiger partial charge < -0.3 is 25.4 Å². The van der Waals surface area contributed by atoms with Crippen molar-refractivity contribution in [3.05, 3.63) is 48.5 Å². The highest BCUT2D eigenvalue weighted by molar-refractivity contribution is 6.03. The monoisotopic (exact) mass is 487 g/mol. The Morgan fingerprint density at radius 3 is 2.43 bits per heavy atom. The number of carbonyl (C=O) groups excluding carboxylic acids is 2. The number of carbonyl (C=O) groups is 2. The molecule has 3 rings (SSSR count). The zero-order chi connectivity index (χ0) is 25.4. The van der Waals surface area contributed by atoms with Crippen LogP contribution in [-0.2, 0) is 14.3 Å². The van der Waals surface area contributed by atoms with Crippen LogP contribution in [0.25, 0.3) is 10.9 Å². The molecule has 35 heavy (non-hydrogen) atoms. The van der Waals surface area contributed by atoms with Gasteiger partial charge in [-0.25, -0.2) is 18.7 Å². The number of aromatic nitrogens is 2. The first-order valence-electron chi connectivity index (χ1n) is 10.8. The number of methoxy groups -OCH3 is 1. The lowest BCUT2D eigenvalue weighted by Crippen LogP contribution is -2.36. The van der Waals surface area contributed by atoms with Crippen LogP contribution in [0.3, 0.4) is 0 Å². The molecule has 0 saturated carbocycles. The first kappa shape index (κ1) is 25.8. The molecule has 3 N–H and O–H groups in total. The molecule has 0 aliphatic heterocycles. The van der Waals surface area contributed by atoms with Gasteiger partial charge >= 0.3 is 0 Å². The van der Waals surface area contributed by atoms with Gasteiger partial charge in [0.05, 0.1) is 24.1 Å². The van der Waals surface area contributed by atoms with Gasteiger partial charge in [-0.05, 0) is 38.1 Å². The molecule has 0 saturated heterocycles. The lowest BCUT2D eigenvalue weighted by atomic mass is 10.2. The fourth-order valence-corrected chi connectivity index (χ4v) is 3.03. The highest BCUT2D eigenvalue weighted by Gasteiger charge is 2.18. The second-order valence-electron chi connectivity index (χ2n) is 8.29. The van der Waals surface area contributed by atoms with Crippen LogP contribution in [0, 0.1) is 5.82 Å². The van der Waals surface area contributed by atoms with Crippen molar-refractivity contribution in [2.45, 2.75) is 25.9 Å². The van der Waals surface area contributed by atoms with Gasteiger partial charge in [-0.1, -0.05) is 0 Å². The summed E-state index contributed by atoms with van der Waals surface area (Å²) in [5, 5.41) is 8.21. The van der Waals surface area contributed by atoms with Crippen molar-refractivity contribution >= 4 is 39.9 Å². The fraction of sp³-hybridized carbons (Fsp3) is 0.333. The van der Waals surface area contributed by atoms with Crippen LogP contribution in [0.2, 0.25) is 0 Å². The number of hydrogen-bond donors (Lipinski definition) is 3. The largest absolute Gasteiger partial charge is 0.491 e. The zero-order valence-electron chi connectivity index (χ0n) is 19.7. The van der Waals surface area contributed by atoms with Gasteiger partial charge in [0, 0.05) is 30.6 Å². The number of alkyl halides is 1. The summed E-state index contributed by atoms with van der Waals surface area (Å²) in [6, 6.07) is 9.43. The minimum absolute atomic E-state index is 0.181. The highest BCUT2D eigenvalue weighted by atomic mass is 19.1. The van der Waals surface area contributed by atoms with Gasteiger partial charge in [0.15, 0.2) is 0 Å². The number of anilines is 3. The summed E-state index contributed by atoms with van der Waals surface area (Å²) in [7, 11) is 1.55. The summed E-state index contributed by atoms with van der Waals surface area (Å²) in [4.78, 5) is 32.1. The van der Waals surface area contributed by atoms with Gasteiger partial charge in [0.2, 0.25) is 11.8 Å². The number of benzene rings is 2. The standard InChI is InChI=1S/C24H27F2N5O4/c1-24(2,26)13-27-20(32)12-21(33)30-15-4-6-16(7-5-15)31-23-22-18(25)10-17(35-9-8-34-3)11-19(22)28-14-29-23/h4-7,10-11,14H,8-9,12-13H2,1-3H3,(H,27,32)(H,30,33)(H,28,29,31). The van der Waals surface area contributed by atoms with E-state index in [1.807, 2.05) is 0 Å². The Labute approximate surface area is 201 Å². The molecular weight excluding hydrogens is 460 g/mol. The van der Waals surface area contributed by atoms with Crippen LogP contribution >= 0.6 is 0 Å². The van der Waals surface area contributed by atoms with E-state index >= 15 is 0 Å². The third kappa shape index (κ3) is 7.85. The molecule has 0 spiro atoms. The van der Waals surface area contributed by atoms with Crippen molar-refractivity contribution in [3.63, 3.8) is 0 Å². The first-order chi connectivity index (χ1) is 16.6. The molecule has 0 unspecified atom stereocenters. The summed E-state index contributed by atoms with van der Waals surface area (Å²) in [6.07, 6.45) is 0.881. The molecule has 11 heteroatoms. The molecule has 0 atom stereocenters. The van der Waals surface area contributed by atoms with Gasteiger partial charge in [0.1, 0.15) is 42.4 Å². The number of nitrogens with one attached hydrogen (secondary N) is 3. The van der Waals surface area contributed by atoms with Crippen molar-refractivity contribution in [1.82, 2.24) is 15.3 Å². The summed E-state index contributed by atoms with van der Waals surface area (Å²) in [5.41, 5.74) is -0.151. The van der Waals surface area contributed by atoms with E-state index in [1.165, 1.54) is 26.2 Å². The molecule has 2 amide bonds. The molecule has 1 aromatic heterocycles. The van der Waals surface area contributed by atoms with Crippen molar-refractivity contribution in [1.29, 1.82) is 0 Å². The van der Waals surface area contributed by atoms with Crippen LogP contribution in [0.1, 0.15) is 20.3 Å². The number of nitrogens with zero attached hydrogens (tertiary/aromatic N) is 2. The average Bonchev–Trinajstić information content (AvgIpc) is 2.79.